The lowest BCUT2D eigenvalue weighted by atomic mass is 10.2. The van der Waals surface area contributed by atoms with E-state index in [0.717, 1.165) is 81.2 Å². The van der Waals surface area contributed by atoms with Gasteiger partial charge < -0.3 is 24.5 Å². The maximum Gasteiger partial charge on any atom is 0.191 e. The van der Waals surface area contributed by atoms with Gasteiger partial charge in [0.25, 0.3) is 0 Å². The lowest BCUT2D eigenvalue weighted by Gasteiger charge is -2.11. The summed E-state index contributed by atoms with van der Waals surface area (Å²) in [5, 5.41) is 7.79. The van der Waals surface area contributed by atoms with Crippen LogP contribution in [0.25, 0.3) is 11.0 Å². The highest BCUT2D eigenvalue weighted by Gasteiger charge is 2.14. The number of hydrogen-bond acceptors (Lipinski definition) is 4. The minimum Gasteiger partial charge on any atom is -0.461 e. The average Bonchev–Trinajstić information content (AvgIpc) is 3.33. The minimum absolute atomic E-state index is 0.297. The molecule has 148 valence electrons. The second-order valence-corrected chi connectivity index (χ2v) is 6.75. The zero-order valence-electron chi connectivity index (χ0n) is 16.2. The van der Waals surface area contributed by atoms with Gasteiger partial charge >= 0.3 is 0 Å². The van der Waals surface area contributed by atoms with Crippen molar-refractivity contribution in [1.29, 1.82) is 0 Å². The van der Waals surface area contributed by atoms with Crippen molar-refractivity contribution >= 4 is 16.9 Å². The Bertz CT molecular complexity index is 675. The summed E-state index contributed by atoms with van der Waals surface area (Å²) in [6, 6.07) is 10.2. The highest BCUT2D eigenvalue weighted by atomic mass is 16.5. The number of nitrogens with zero attached hydrogens (tertiary/aromatic N) is 1. The summed E-state index contributed by atoms with van der Waals surface area (Å²) in [5.41, 5.74) is 0.941. The van der Waals surface area contributed by atoms with Crippen molar-refractivity contribution in [2.45, 2.75) is 38.7 Å². The molecule has 0 radical (unpaired) electrons. The van der Waals surface area contributed by atoms with Crippen LogP contribution >= 0.6 is 0 Å². The predicted molar refractivity (Wildman–Crippen MR) is 108 cm³/mol. The van der Waals surface area contributed by atoms with Crippen molar-refractivity contribution < 1.29 is 13.9 Å². The molecule has 1 fully saturated rings. The third kappa shape index (κ3) is 6.56. The van der Waals surface area contributed by atoms with Crippen LogP contribution in [-0.2, 0) is 15.9 Å². The van der Waals surface area contributed by atoms with Gasteiger partial charge in [-0.25, -0.2) is 0 Å². The van der Waals surface area contributed by atoms with Crippen LogP contribution in [0.5, 0.6) is 0 Å². The number of para-hydroxylation sites is 1. The third-order valence-electron chi connectivity index (χ3n) is 4.53. The van der Waals surface area contributed by atoms with Crippen LogP contribution in [0.4, 0.5) is 0 Å². The highest BCUT2D eigenvalue weighted by molar-refractivity contribution is 5.80. The van der Waals surface area contributed by atoms with E-state index in [9.17, 15) is 0 Å². The van der Waals surface area contributed by atoms with E-state index in [-0.39, 0.29) is 0 Å². The second-order valence-electron chi connectivity index (χ2n) is 6.75. The number of hydrogen-bond donors (Lipinski definition) is 2. The van der Waals surface area contributed by atoms with Gasteiger partial charge in [-0.05, 0) is 38.3 Å². The topological polar surface area (TPSA) is 68.0 Å². The molecule has 2 aromatic rings. The van der Waals surface area contributed by atoms with Crippen molar-refractivity contribution in [2.24, 2.45) is 4.99 Å². The smallest absolute Gasteiger partial charge is 0.191 e. The number of fused-ring (bicyclic) bond motifs is 1. The van der Waals surface area contributed by atoms with Gasteiger partial charge in [-0.2, -0.15) is 0 Å². The molecule has 1 aromatic carbocycles. The first kappa shape index (κ1) is 19.7. The van der Waals surface area contributed by atoms with Crippen molar-refractivity contribution in [3.63, 3.8) is 0 Å². The summed E-state index contributed by atoms with van der Waals surface area (Å²) in [6.45, 7) is 6.74. The molecular formula is C21H31N3O3. The Labute approximate surface area is 161 Å². The van der Waals surface area contributed by atoms with Crippen molar-refractivity contribution in [2.75, 3.05) is 39.5 Å². The zero-order chi connectivity index (χ0) is 18.7. The lowest BCUT2D eigenvalue weighted by Crippen LogP contribution is -2.38. The lowest BCUT2D eigenvalue weighted by molar-refractivity contribution is 0.0171. The number of furan rings is 1. The molecule has 2 heterocycles. The highest BCUT2D eigenvalue weighted by Crippen LogP contribution is 2.18. The Morgan fingerprint density at radius 1 is 1.30 bits per heavy atom. The van der Waals surface area contributed by atoms with Gasteiger partial charge in [0.15, 0.2) is 5.96 Å². The molecule has 2 N–H and O–H groups in total. The second kappa shape index (κ2) is 10.9. The van der Waals surface area contributed by atoms with Gasteiger partial charge in [-0.1, -0.05) is 18.2 Å². The molecule has 0 bridgehead atoms. The van der Waals surface area contributed by atoms with Crippen LogP contribution in [0.15, 0.2) is 39.7 Å². The summed E-state index contributed by atoms with van der Waals surface area (Å²) in [4.78, 5) is 4.61. The molecule has 1 aliphatic heterocycles. The van der Waals surface area contributed by atoms with E-state index in [4.69, 9.17) is 13.9 Å². The van der Waals surface area contributed by atoms with E-state index in [2.05, 4.69) is 34.7 Å². The summed E-state index contributed by atoms with van der Waals surface area (Å²) < 4.78 is 17.1. The number of rotatable bonds is 10. The summed E-state index contributed by atoms with van der Waals surface area (Å²) >= 11 is 0. The summed E-state index contributed by atoms with van der Waals surface area (Å²) in [7, 11) is 0. The third-order valence-corrected chi connectivity index (χ3v) is 4.53. The quantitative estimate of drug-likeness (QED) is 0.380. The van der Waals surface area contributed by atoms with Crippen LogP contribution in [0.3, 0.4) is 0 Å². The summed E-state index contributed by atoms with van der Waals surface area (Å²) in [6.07, 6.45) is 4.31. The number of aliphatic imine (C=N–C) groups is 1. The van der Waals surface area contributed by atoms with E-state index in [1.165, 1.54) is 0 Å². The zero-order valence-corrected chi connectivity index (χ0v) is 16.2. The first-order valence-corrected chi connectivity index (χ1v) is 10.0. The van der Waals surface area contributed by atoms with Crippen molar-refractivity contribution in [3.05, 3.63) is 36.1 Å². The monoisotopic (exact) mass is 373 g/mol. The van der Waals surface area contributed by atoms with Crippen LogP contribution in [0, 0.1) is 0 Å². The maximum atomic E-state index is 5.85. The molecule has 0 spiro atoms. The fourth-order valence-electron chi connectivity index (χ4n) is 3.15. The molecule has 0 aliphatic carbocycles. The average molecular weight is 373 g/mol. The molecule has 3 rings (SSSR count). The number of ether oxygens (including phenoxy) is 2. The molecule has 1 aromatic heterocycles. The van der Waals surface area contributed by atoms with Gasteiger partial charge in [0, 0.05) is 44.7 Å². The molecule has 1 aliphatic rings. The Hall–Kier alpha value is -2.05. The molecule has 1 saturated heterocycles. The number of guanidine groups is 1. The van der Waals surface area contributed by atoms with Crippen molar-refractivity contribution in [1.82, 2.24) is 10.6 Å². The van der Waals surface area contributed by atoms with E-state index in [1.54, 1.807) is 0 Å². The first-order chi connectivity index (χ1) is 13.3. The van der Waals surface area contributed by atoms with E-state index in [1.807, 2.05) is 18.2 Å². The molecule has 6 heteroatoms. The molecule has 27 heavy (non-hydrogen) atoms. The van der Waals surface area contributed by atoms with Gasteiger partial charge in [0.05, 0.1) is 12.7 Å². The summed E-state index contributed by atoms with van der Waals surface area (Å²) in [5.74, 6) is 1.83. The Kier molecular flexibility index (Phi) is 7.99. The normalized spacial score (nSPS) is 17.5. The van der Waals surface area contributed by atoms with E-state index in [0.29, 0.717) is 12.7 Å². The van der Waals surface area contributed by atoms with Gasteiger partial charge in [0.1, 0.15) is 11.3 Å². The van der Waals surface area contributed by atoms with E-state index >= 15 is 0 Å². The number of benzene rings is 1. The molecule has 6 nitrogen and oxygen atoms in total. The minimum atomic E-state index is 0.297. The van der Waals surface area contributed by atoms with Crippen LogP contribution in [0.2, 0.25) is 0 Å². The van der Waals surface area contributed by atoms with E-state index < -0.39 is 0 Å². The van der Waals surface area contributed by atoms with Crippen molar-refractivity contribution in [3.8, 4) is 0 Å². The van der Waals surface area contributed by atoms with Gasteiger partial charge in [0.2, 0.25) is 0 Å². The maximum absolute atomic E-state index is 5.85. The van der Waals surface area contributed by atoms with Gasteiger partial charge in [-0.15, -0.1) is 0 Å². The molecule has 0 saturated carbocycles. The Morgan fingerprint density at radius 2 is 2.22 bits per heavy atom. The Balaban J connectivity index is 1.34. The molecule has 1 atom stereocenters. The Morgan fingerprint density at radius 3 is 3.04 bits per heavy atom. The molecule has 1 unspecified atom stereocenters. The standard InChI is InChI=1S/C21H31N3O3/c1-2-22-21(23-11-6-13-25-16-19-8-5-14-26-19)24-12-10-18-15-17-7-3-4-9-20(17)27-18/h3-4,7,9,15,19H,2,5-6,8,10-14,16H2,1H3,(H2,22,23,24). The van der Waals surface area contributed by atoms with Crippen LogP contribution in [-0.4, -0.2) is 51.5 Å². The van der Waals surface area contributed by atoms with Gasteiger partial charge in [-0.3, -0.25) is 4.99 Å². The fraction of sp³-hybridized carbons (Fsp3) is 0.571. The largest absolute Gasteiger partial charge is 0.461 e. The first-order valence-electron chi connectivity index (χ1n) is 10.0. The molecule has 0 amide bonds. The number of nitrogens with one attached hydrogen (secondary N) is 2. The molecular weight excluding hydrogens is 342 g/mol. The van der Waals surface area contributed by atoms with Crippen LogP contribution in [0.1, 0.15) is 31.9 Å². The fourth-order valence-corrected chi connectivity index (χ4v) is 3.15. The predicted octanol–water partition coefficient (Wildman–Crippen LogP) is 3.12. The van der Waals surface area contributed by atoms with Crippen LogP contribution < -0.4 is 10.6 Å². The SMILES string of the molecule is CCNC(=NCCCOCC1CCCO1)NCCc1cc2ccccc2o1.